The summed E-state index contributed by atoms with van der Waals surface area (Å²) < 4.78 is 7.32. The van der Waals surface area contributed by atoms with Crippen molar-refractivity contribution in [2.24, 2.45) is 5.92 Å². The predicted molar refractivity (Wildman–Crippen MR) is 97.8 cm³/mol. The number of fused-ring (bicyclic) bond motifs is 1. The van der Waals surface area contributed by atoms with Gasteiger partial charge in [-0.1, -0.05) is 11.6 Å². The minimum absolute atomic E-state index is 0.336. The van der Waals surface area contributed by atoms with E-state index in [2.05, 4.69) is 15.4 Å². The summed E-state index contributed by atoms with van der Waals surface area (Å²) in [7, 11) is 0. The molecular formula is C18H25ClN4O2. The highest BCUT2D eigenvalue weighted by Crippen LogP contribution is 2.32. The molecule has 3 rings (SSSR count). The van der Waals surface area contributed by atoms with Crippen molar-refractivity contribution in [2.75, 3.05) is 6.54 Å². The van der Waals surface area contributed by atoms with Crippen LogP contribution in [0.15, 0.2) is 18.5 Å². The number of halogens is 1. The minimum Gasteiger partial charge on any atom is -0.444 e. The number of carbonyl (C=O) groups excluding carboxylic acids is 1. The molecule has 2 aromatic heterocycles. The van der Waals surface area contributed by atoms with Crippen molar-refractivity contribution < 1.29 is 9.53 Å². The first-order chi connectivity index (χ1) is 11.8. The molecule has 1 amide bonds. The van der Waals surface area contributed by atoms with Gasteiger partial charge in [-0.15, -0.1) is 0 Å². The number of rotatable bonds is 3. The number of aromatic nitrogens is 3. The van der Waals surface area contributed by atoms with Gasteiger partial charge in [0.2, 0.25) is 0 Å². The van der Waals surface area contributed by atoms with Crippen molar-refractivity contribution >= 4 is 28.6 Å². The van der Waals surface area contributed by atoms with Gasteiger partial charge in [0.25, 0.3) is 0 Å². The van der Waals surface area contributed by atoms with Crippen LogP contribution in [0.1, 0.15) is 52.5 Å². The molecule has 136 valence electrons. The van der Waals surface area contributed by atoms with Crippen LogP contribution in [0.3, 0.4) is 0 Å². The zero-order chi connectivity index (χ0) is 18.0. The molecule has 6 nitrogen and oxygen atoms in total. The average molecular weight is 365 g/mol. The van der Waals surface area contributed by atoms with E-state index in [1.165, 1.54) is 0 Å². The molecule has 0 aromatic carbocycles. The van der Waals surface area contributed by atoms with Crippen LogP contribution in [-0.2, 0) is 4.74 Å². The number of hydrogen-bond donors (Lipinski definition) is 1. The third-order valence-electron chi connectivity index (χ3n) is 4.50. The van der Waals surface area contributed by atoms with Crippen molar-refractivity contribution in [3.05, 3.63) is 23.6 Å². The van der Waals surface area contributed by atoms with Gasteiger partial charge in [0.15, 0.2) is 0 Å². The predicted octanol–water partition coefficient (Wildman–Crippen LogP) is 4.34. The van der Waals surface area contributed by atoms with Gasteiger partial charge in [-0.2, -0.15) is 5.10 Å². The molecule has 0 aliphatic heterocycles. The molecule has 1 aliphatic rings. The van der Waals surface area contributed by atoms with E-state index < -0.39 is 5.60 Å². The van der Waals surface area contributed by atoms with Gasteiger partial charge in [-0.3, -0.25) is 4.68 Å². The lowest BCUT2D eigenvalue weighted by Gasteiger charge is -2.29. The highest BCUT2D eigenvalue weighted by molar-refractivity contribution is 6.30. The molecule has 1 aliphatic carbocycles. The lowest BCUT2D eigenvalue weighted by molar-refractivity contribution is 0.0513. The number of pyridine rings is 1. The summed E-state index contributed by atoms with van der Waals surface area (Å²) >= 11 is 5.94. The number of ether oxygens (including phenoxy) is 1. The molecule has 0 atom stereocenters. The second kappa shape index (κ2) is 7.20. The zero-order valence-electron chi connectivity index (χ0n) is 15.0. The third kappa shape index (κ3) is 4.84. The molecule has 25 heavy (non-hydrogen) atoms. The lowest BCUT2D eigenvalue weighted by atomic mass is 9.86. The molecule has 2 aromatic rings. The van der Waals surface area contributed by atoms with E-state index in [-0.39, 0.29) is 6.09 Å². The third-order valence-corrected chi connectivity index (χ3v) is 4.71. The Balaban J connectivity index is 1.50. The van der Waals surface area contributed by atoms with E-state index in [1.807, 2.05) is 37.7 Å². The van der Waals surface area contributed by atoms with Crippen molar-refractivity contribution in [3.8, 4) is 0 Å². The van der Waals surface area contributed by atoms with Gasteiger partial charge >= 0.3 is 6.09 Å². The van der Waals surface area contributed by atoms with E-state index in [9.17, 15) is 4.79 Å². The number of carbonyl (C=O) groups is 1. The van der Waals surface area contributed by atoms with Crippen LogP contribution in [-0.4, -0.2) is 33.0 Å². The highest BCUT2D eigenvalue weighted by atomic mass is 35.5. The summed E-state index contributed by atoms with van der Waals surface area (Å²) in [5, 5.41) is 9.02. The first-order valence-corrected chi connectivity index (χ1v) is 9.15. The molecule has 0 radical (unpaired) electrons. The van der Waals surface area contributed by atoms with Gasteiger partial charge in [-0.25, -0.2) is 9.78 Å². The molecule has 1 N–H and O–H groups in total. The largest absolute Gasteiger partial charge is 0.444 e. The Morgan fingerprint density at radius 3 is 2.76 bits per heavy atom. The van der Waals surface area contributed by atoms with Crippen molar-refractivity contribution in [1.29, 1.82) is 0 Å². The van der Waals surface area contributed by atoms with E-state index in [4.69, 9.17) is 16.3 Å². The molecule has 0 unspecified atom stereocenters. The maximum atomic E-state index is 11.7. The normalized spacial score (nSPS) is 21.3. The number of amides is 1. The molecule has 0 bridgehead atoms. The van der Waals surface area contributed by atoms with E-state index in [0.29, 0.717) is 23.7 Å². The lowest BCUT2D eigenvalue weighted by Crippen LogP contribution is -2.36. The smallest absolute Gasteiger partial charge is 0.407 e. The zero-order valence-corrected chi connectivity index (χ0v) is 15.7. The summed E-state index contributed by atoms with van der Waals surface area (Å²) in [6.45, 7) is 6.28. The Hall–Kier alpha value is -1.82. The quantitative estimate of drug-likeness (QED) is 0.822. The minimum atomic E-state index is -0.457. The molecule has 0 saturated heterocycles. The average Bonchev–Trinajstić information content (AvgIpc) is 2.95. The molecule has 2 heterocycles. The maximum Gasteiger partial charge on any atom is 0.407 e. The Labute approximate surface area is 152 Å². The van der Waals surface area contributed by atoms with Gasteiger partial charge in [0.05, 0.1) is 12.2 Å². The van der Waals surface area contributed by atoms with Crippen molar-refractivity contribution in [3.63, 3.8) is 0 Å². The second-order valence-electron chi connectivity index (χ2n) is 7.73. The second-order valence-corrected chi connectivity index (χ2v) is 8.12. The van der Waals surface area contributed by atoms with Crippen LogP contribution in [0.5, 0.6) is 0 Å². The Morgan fingerprint density at radius 1 is 1.36 bits per heavy atom. The summed E-state index contributed by atoms with van der Waals surface area (Å²) in [6, 6.07) is 2.24. The summed E-state index contributed by atoms with van der Waals surface area (Å²) in [5.41, 5.74) is 0.417. The monoisotopic (exact) mass is 364 g/mol. The van der Waals surface area contributed by atoms with Crippen LogP contribution >= 0.6 is 11.6 Å². The van der Waals surface area contributed by atoms with Crippen molar-refractivity contribution in [1.82, 2.24) is 20.1 Å². The van der Waals surface area contributed by atoms with Gasteiger partial charge < -0.3 is 10.1 Å². The Kier molecular flexibility index (Phi) is 5.18. The van der Waals surface area contributed by atoms with E-state index in [1.54, 1.807) is 6.20 Å². The first kappa shape index (κ1) is 18.0. The summed E-state index contributed by atoms with van der Waals surface area (Å²) in [6.07, 6.45) is 7.66. The topological polar surface area (TPSA) is 69.0 Å². The van der Waals surface area contributed by atoms with Crippen molar-refractivity contribution in [2.45, 2.75) is 58.1 Å². The van der Waals surface area contributed by atoms with Gasteiger partial charge in [-0.05, 0) is 58.4 Å². The number of nitrogens with zero attached hydrogens (tertiary/aromatic N) is 3. The number of hydrogen-bond acceptors (Lipinski definition) is 4. The van der Waals surface area contributed by atoms with Crippen LogP contribution in [0.25, 0.3) is 10.9 Å². The molecular weight excluding hydrogens is 340 g/mol. The number of alkyl carbamates (subject to hydrolysis) is 1. The fourth-order valence-electron chi connectivity index (χ4n) is 3.26. The van der Waals surface area contributed by atoms with Crippen LogP contribution < -0.4 is 5.32 Å². The van der Waals surface area contributed by atoms with Crippen LogP contribution in [0, 0.1) is 5.92 Å². The molecule has 1 saturated carbocycles. The standard InChI is InChI=1S/C18H25ClN4O2/c1-18(2,3)25-17(24)21-9-12-4-6-14(7-5-12)23-11-13-8-16(19)20-10-15(13)22-23/h8,10-12,14H,4-7,9H2,1-3H3,(H,21,24)/t12-,14-. The fraction of sp³-hybridized carbons (Fsp3) is 0.611. The van der Waals surface area contributed by atoms with E-state index in [0.717, 1.165) is 36.6 Å². The summed E-state index contributed by atoms with van der Waals surface area (Å²) in [5.74, 6) is 0.491. The summed E-state index contributed by atoms with van der Waals surface area (Å²) in [4.78, 5) is 15.8. The van der Waals surface area contributed by atoms with Crippen LogP contribution in [0.4, 0.5) is 4.79 Å². The molecule has 0 spiro atoms. The SMILES string of the molecule is CC(C)(C)OC(=O)NC[C@H]1CC[C@H](n2cc3cc(Cl)ncc3n2)CC1. The molecule has 7 heteroatoms. The highest BCUT2D eigenvalue weighted by Gasteiger charge is 2.24. The number of nitrogens with one attached hydrogen (secondary N) is 1. The maximum absolute atomic E-state index is 11.7. The van der Waals surface area contributed by atoms with Gasteiger partial charge in [0.1, 0.15) is 16.3 Å². The Morgan fingerprint density at radius 2 is 2.08 bits per heavy atom. The first-order valence-electron chi connectivity index (χ1n) is 8.77. The van der Waals surface area contributed by atoms with Crippen LogP contribution in [0.2, 0.25) is 5.15 Å². The Bertz CT molecular complexity index is 745. The van der Waals surface area contributed by atoms with Gasteiger partial charge in [0, 0.05) is 18.1 Å². The fourth-order valence-corrected chi connectivity index (χ4v) is 3.43. The molecule has 1 fully saturated rings. The van der Waals surface area contributed by atoms with E-state index >= 15 is 0 Å².